The summed E-state index contributed by atoms with van der Waals surface area (Å²) in [5, 5.41) is 0.540. The van der Waals surface area contributed by atoms with Gasteiger partial charge in [0.2, 0.25) is 0 Å². The largest absolute Gasteiger partial charge is 0.375 e. The molecule has 1 rings (SSSR count). The van der Waals surface area contributed by atoms with Gasteiger partial charge in [-0.25, -0.2) is 13.4 Å². The Labute approximate surface area is 88.1 Å². The van der Waals surface area contributed by atoms with Crippen LogP contribution in [0.1, 0.15) is 18.2 Å². The first kappa shape index (κ1) is 11.5. The van der Waals surface area contributed by atoms with Crippen molar-refractivity contribution < 1.29 is 8.42 Å². The minimum atomic E-state index is -2.83. The van der Waals surface area contributed by atoms with Crippen LogP contribution in [0, 0.1) is 0 Å². The van der Waals surface area contributed by atoms with E-state index >= 15 is 0 Å². The van der Waals surface area contributed by atoms with Gasteiger partial charge in [0, 0.05) is 16.8 Å². The lowest BCUT2D eigenvalue weighted by Gasteiger charge is -1.98. The van der Waals surface area contributed by atoms with Gasteiger partial charge in [-0.1, -0.05) is 6.92 Å². The summed E-state index contributed by atoms with van der Waals surface area (Å²) in [6.45, 7) is 1.67. The summed E-state index contributed by atoms with van der Waals surface area (Å²) >= 11 is 1.42. The van der Waals surface area contributed by atoms with Crippen LogP contribution in [-0.2, 0) is 16.3 Å². The summed E-state index contributed by atoms with van der Waals surface area (Å²) in [5.41, 5.74) is 5.45. The highest BCUT2D eigenvalue weighted by Gasteiger charge is 2.07. The molecule has 0 bridgehead atoms. The second-order valence-electron chi connectivity index (χ2n) is 3.00. The molecular weight excluding hydrogens is 220 g/mol. The van der Waals surface area contributed by atoms with E-state index in [1.54, 1.807) is 13.1 Å². The first-order valence-electron chi connectivity index (χ1n) is 4.44. The monoisotopic (exact) mass is 234 g/mol. The number of anilines is 1. The van der Waals surface area contributed by atoms with E-state index in [4.69, 9.17) is 5.73 Å². The smallest absolute Gasteiger partial charge is 0.180 e. The number of aromatic nitrogens is 1. The van der Waals surface area contributed by atoms with Crippen molar-refractivity contribution >= 4 is 26.3 Å². The van der Waals surface area contributed by atoms with E-state index in [0.717, 1.165) is 11.3 Å². The summed E-state index contributed by atoms with van der Waals surface area (Å²) in [4.78, 5) is 4.95. The number of aryl methyl sites for hydroxylation is 1. The number of nitrogens with zero attached hydrogens (tertiary/aromatic N) is 1. The zero-order valence-electron chi connectivity index (χ0n) is 8.06. The molecule has 1 aromatic rings. The van der Waals surface area contributed by atoms with Crippen LogP contribution in [0.5, 0.6) is 0 Å². The Kier molecular flexibility index (Phi) is 3.88. The lowest BCUT2D eigenvalue weighted by atomic mass is 10.3. The Balaban J connectivity index is 2.36. The minimum Gasteiger partial charge on any atom is -0.375 e. The molecule has 80 valence electrons. The molecule has 0 radical (unpaired) electrons. The average molecular weight is 234 g/mol. The van der Waals surface area contributed by atoms with E-state index in [1.165, 1.54) is 11.3 Å². The number of thiazole rings is 1. The molecule has 14 heavy (non-hydrogen) atoms. The predicted molar refractivity (Wildman–Crippen MR) is 59.2 cm³/mol. The van der Waals surface area contributed by atoms with Gasteiger partial charge in [0.05, 0.1) is 5.75 Å². The van der Waals surface area contributed by atoms with Gasteiger partial charge < -0.3 is 5.73 Å². The molecule has 0 aliphatic carbocycles. The predicted octanol–water partition coefficient (Wildman–Crippen LogP) is 1.09. The maximum absolute atomic E-state index is 11.2. The molecule has 0 saturated carbocycles. The number of sulfone groups is 1. The molecule has 0 atom stereocenters. The van der Waals surface area contributed by atoms with Crippen molar-refractivity contribution in [2.45, 2.75) is 19.8 Å². The molecule has 4 nitrogen and oxygen atoms in total. The summed E-state index contributed by atoms with van der Waals surface area (Å²) in [5.74, 6) is 0.471. The number of rotatable bonds is 5. The molecule has 1 aromatic heterocycles. The van der Waals surface area contributed by atoms with Gasteiger partial charge in [-0.15, -0.1) is 11.3 Å². The molecule has 1 heterocycles. The zero-order valence-corrected chi connectivity index (χ0v) is 9.70. The van der Waals surface area contributed by atoms with Crippen LogP contribution in [0.3, 0.4) is 0 Å². The highest BCUT2D eigenvalue weighted by Crippen LogP contribution is 2.16. The highest BCUT2D eigenvalue weighted by atomic mass is 32.2. The standard InChI is InChI=1S/C8H14N2O2S2/c1-2-14(11,12)5-3-4-7-6-10-8(9)13-7/h6H,2-5H2,1H3,(H2,9,10). The molecule has 0 aliphatic rings. The van der Waals surface area contributed by atoms with Crippen LogP contribution in [0.2, 0.25) is 0 Å². The molecule has 0 unspecified atom stereocenters. The van der Waals surface area contributed by atoms with Gasteiger partial charge in [-0.05, 0) is 12.8 Å². The van der Waals surface area contributed by atoms with Gasteiger partial charge in [0.1, 0.15) is 9.84 Å². The maximum Gasteiger partial charge on any atom is 0.180 e. The Morgan fingerprint density at radius 2 is 2.29 bits per heavy atom. The quantitative estimate of drug-likeness (QED) is 0.827. The number of nitrogen functional groups attached to an aromatic ring is 1. The van der Waals surface area contributed by atoms with Crippen LogP contribution in [0.4, 0.5) is 5.13 Å². The molecule has 0 saturated heterocycles. The summed E-state index contributed by atoms with van der Waals surface area (Å²) in [6.07, 6.45) is 3.10. The molecule has 0 fully saturated rings. The minimum absolute atomic E-state index is 0.220. The summed E-state index contributed by atoms with van der Waals surface area (Å²) < 4.78 is 22.3. The van der Waals surface area contributed by atoms with Crippen molar-refractivity contribution in [2.24, 2.45) is 0 Å². The molecule has 6 heteroatoms. The first-order valence-corrected chi connectivity index (χ1v) is 7.08. The number of nitrogens with two attached hydrogens (primary N) is 1. The fraction of sp³-hybridized carbons (Fsp3) is 0.625. The highest BCUT2D eigenvalue weighted by molar-refractivity contribution is 7.91. The molecule has 2 N–H and O–H groups in total. The third-order valence-electron chi connectivity index (χ3n) is 1.89. The van der Waals surface area contributed by atoms with Gasteiger partial charge >= 0.3 is 0 Å². The van der Waals surface area contributed by atoms with Crippen molar-refractivity contribution in [1.82, 2.24) is 4.98 Å². The SMILES string of the molecule is CCS(=O)(=O)CCCc1cnc(N)s1. The Morgan fingerprint density at radius 1 is 1.57 bits per heavy atom. The molecule has 0 amide bonds. The molecule has 0 aliphatic heterocycles. The maximum atomic E-state index is 11.2. The summed E-state index contributed by atoms with van der Waals surface area (Å²) in [7, 11) is -2.83. The van der Waals surface area contributed by atoms with Crippen molar-refractivity contribution in [3.8, 4) is 0 Å². The number of hydrogen-bond acceptors (Lipinski definition) is 5. The Morgan fingerprint density at radius 3 is 2.79 bits per heavy atom. The van der Waals surface area contributed by atoms with E-state index in [2.05, 4.69) is 4.98 Å². The van der Waals surface area contributed by atoms with Gasteiger partial charge in [0.15, 0.2) is 5.13 Å². The van der Waals surface area contributed by atoms with E-state index in [0.29, 0.717) is 11.6 Å². The van der Waals surface area contributed by atoms with Crippen molar-refractivity contribution in [1.29, 1.82) is 0 Å². The Bertz CT molecular complexity index is 384. The van der Waals surface area contributed by atoms with E-state index in [9.17, 15) is 8.42 Å². The average Bonchev–Trinajstić information content (AvgIpc) is 2.51. The van der Waals surface area contributed by atoms with Gasteiger partial charge in [0.25, 0.3) is 0 Å². The lowest BCUT2D eigenvalue weighted by molar-refractivity contribution is 0.594. The fourth-order valence-corrected chi connectivity index (χ4v) is 2.65. The van der Waals surface area contributed by atoms with Crippen molar-refractivity contribution in [3.05, 3.63) is 11.1 Å². The summed E-state index contributed by atoms with van der Waals surface area (Å²) in [6, 6.07) is 0. The van der Waals surface area contributed by atoms with Crippen LogP contribution in [0.25, 0.3) is 0 Å². The van der Waals surface area contributed by atoms with Gasteiger partial charge in [-0.2, -0.15) is 0 Å². The third-order valence-corrected chi connectivity index (χ3v) is 4.57. The molecule has 0 spiro atoms. The fourth-order valence-electron chi connectivity index (χ4n) is 1.05. The van der Waals surface area contributed by atoms with Crippen LogP contribution in [0.15, 0.2) is 6.20 Å². The van der Waals surface area contributed by atoms with Crippen LogP contribution >= 0.6 is 11.3 Å². The second kappa shape index (κ2) is 4.75. The van der Waals surface area contributed by atoms with Crippen molar-refractivity contribution in [2.75, 3.05) is 17.2 Å². The Hall–Kier alpha value is -0.620. The topological polar surface area (TPSA) is 73.0 Å². The van der Waals surface area contributed by atoms with E-state index < -0.39 is 9.84 Å². The number of hydrogen-bond donors (Lipinski definition) is 1. The second-order valence-corrected chi connectivity index (χ2v) is 6.62. The molecular formula is C8H14N2O2S2. The normalized spacial score (nSPS) is 11.8. The van der Waals surface area contributed by atoms with E-state index in [1.807, 2.05) is 0 Å². The van der Waals surface area contributed by atoms with Crippen LogP contribution in [-0.4, -0.2) is 24.9 Å². The van der Waals surface area contributed by atoms with Gasteiger partial charge in [-0.3, -0.25) is 0 Å². The van der Waals surface area contributed by atoms with Crippen LogP contribution < -0.4 is 5.73 Å². The third kappa shape index (κ3) is 3.63. The molecule has 0 aromatic carbocycles. The van der Waals surface area contributed by atoms with E-state index in [-0.39, 0.29) is 11.5 Å². The first-order chi connectivity index (χ1) is 6.53. The lowest BCUT2D eigenvalue weighted by Crippen LogP contribution is -2.08. The zero-order chi connectivity index (χ0) is 10.6. The van der Waals surface area contributed by atoms with Crippen molar-refractivity contribution in [3.63, 3.8) is 0 Å².